The second-order valence-corrected chi connectivity index (χ2v) is 5.44. The predicted octanol–water partition coefficient (Wildman–Crippen LogP) is 2.99. The van der Waals surface area contributed by atoms with E-state index in [0.29, 0.717) is 17.3 Å². The average molecular weight is 323 g/mol. The third kappa shape index (κ3) is 3.87. The van der Waals surface area contributed by atoms with Gasteiger partial charge in [0, 0.05) is 29.8 Å². The van der Waals surface area contributed by atoms with Gasteiger partial charge in [0.15, 0.2) is 0 Å². The molecular weight excluding hydrogens is 304 g/mol. The zero-order valence-electron chi connectivity index (χ0n) is 12.9. The first-order valence-corrected chi connectivity index (χ1v) is 7.36. The molecule has 0 aliphatic heterocycles. The Morgan fingerprint density at radius 2 is 2.14 bits per heavy atom. The first-order chi connectivity index (χ1) is 10.5. The van der Waals surface area contributed by atoms with E-state index in [0.717, 1.165) is 16.8 Å². The molecule has 1 aromatic carbocycles. The highest BCUT2D eigenvalue weighted by molar-refractivity contribution is 6.31. The summed E-state index contributed by atoms with van der Waals surface area (Å²) in [5.41, 5.74) is 2.41. The summed E-state index contributed by atoms with van der Waals surface area (Å²) in [6.45, 7) is 3.97. The Morgan fingerprint density at radius 3 is 2.73 bits per heavy atom. The third-order valence-electron chi connectivity index (χ3n) is 3.54. The van der Waals surface area contributed by atoms with Crippen LogP contribution in [0.2, 0.25) is 5.02 Å². The fraction of sp³-hybridized carbons (Fsp3) is 0.375. The number of nitrogens with one attached hydrogen (secondary N) is 1. The maximum Gasteiger partial charge on any atom is 0.224 e. The molecule has 5 nitrogen and oxygen atoms in total. The number of nitrogens with zero attached hydrogens (tertiary/aromatic N) is 1. The van der Waals surface area contributed by atoms with Gasteiger partial charge in [0.1, 0.15) is 11.9 Å². The van der Waals surface area contributed by atoms with Crippen LogP contribution in [-0.2, 0) is 16.0 Å². The minimum Gasteiger partial charge on any atom is -0.375 e. The Bertz CT molecular complexity index is 635. The van der Waals surface area contributed by atoms with Crippen LogP contribution in [0.5, 0.6) is 0 Å². The highest BCUT2D eigenvalue weighted by atomic mass is 35.5. The fourth-order valence-electron chi connectivity index (χ4n) is 2.24. The summed E-state index contributed by atoms with van der Waals surface area (Å²) in [5.74, 6) is 0.561. The van der Waals surface area contributed by atoms with Crippen LogP contribution < -0.4 is 5.32 Å². The van der Waals surface area contributed by atoms with Crippen molar-refractivity contribution in [2.75, 3.05) is 13.7 Å². The summed E-state index contributed by atoms with van der Waals surface area (Å²) in [7, 11) is 1.59. The van der Waals surface area contributed by atoms with E-state index < -0.39 is 0 Å². The molecule has 1 N–H and O–H groups in total. The van der Waals surface area contributed by atoms with E-state index >= 15 is 0 Å². The van der Waals surface area contributed by atoms with Gasteiger partial charge in [-0.25, -0.2) is 0 Å². The summed E-state index contributed by atoms with van der Waals surface area (Å²) >= 11 is 6.16. The molecule has 2 rings (SSSR count). The number of hydrogen-bond acceptors (Lipinski definition) is 4. The molecule has 0 bridgehead atoms. The lowest BCUT2D eigenvalue weighted by molar-refractivity contribution is -0.121. The van der Waals surface area contributed by atoms with Crippen LogP contribution in [0.4, 0.5) is 0 Å². The number of rotatable bonds is 6. The molecule has 1 amide bonds. The van der Waals surface area contributed by atoms with Gasteiger partial charge in [-0.05, 0) is 19.9 Å². The molecule has 0 fully saturated rings. The quantitative estimate of drug-likeness (QED) is 0.888. The zero-order valence-corrected chi connectivity index (χ0v) is 13.6. The molecule has 6 heteroatoms. The summed E-state index contributed by atoms with van der Waals surface area (Å²) in [4.78, 5) is 12.1. The van der Waals surface area contributed by atoms with E-state index in [1.165, 1.54) is 0 Å². The van der Waals surface area contributed by atoms with Crippen LogP contribution >= 0.6 is 11.6 Å². The van der Waals surface area contributed by atoms with Gasteiger partial charge in [0.05, 0.1) is 12.1 Å². The van der Waals surface area contributed by atoms with Gasteiger partial charge < -0.3 is 14.6 Å². The summed E-state index contributed by atoms with van der Waals surface area (Å²) in [6.07, 6.45) is -0.0533. The summed E-state index contributed by atoms with van der Waals surface area (Å²) in [5, 5.41) is 7.32. The lowest BCUT2D eigenvalue weighted by Gasteiger charge is -2.17. The van der Waals surface area contributed by atoms with E-state index in [2.05, 4.69) is 10.5 Å². The van der Waals surface area contributed by atoms with Crippen LogP contribution in [0.3, 0.4) is 0 Å². The lowest BCUT2D eigenvalue weighted by atomic mass is 10.1. The molecule has 0 saturated heterocycles. The smallest absolute Gasteiger partial charge is 0.224 e. The number of aryl methyl sites for hydroxylation is 2. The van der Waals surface area contributed by atoms with Gasteiger partial charge >= 0.3 is 0 Å². The van der Waals surface area contributed by atoms with E-state index in [1.807, 2.05) is 25.1 Å². The summed E-state index contributed by atoms with van der Waals surface area (Å²) < 4.78 is 10.5. The molecular formula is C16H19ClN2O3. The minimum absolute atomic E-state index is 0.108. The molecule has 0 saturated carbocycles. The monoisotopic (exact) mass is 322 g/mol. The molecule has 0 aliphatic rings. The number of ether oxygens (including phenoxy) is 1. The molecule has 0 unspecified atom stereocenters. The highest BCUT2D eigenvalue weighted by Gasteiger charge is 2.17. The van der Waals surface area contributed by atoms with Gasteiger partial charge in [-0.3, -0.25) is 4.79 Å². The molecule has 22 heavy (non-hydrogen) atoms. The number of carbonyl (C=O) groups is 1. The average Bonchev–Trinajstić information content (AvgIpc) is 2.81. The van der Waals surface area contributed by atoms with Crippen molar-refractivity contribution in [1.29, 1.82) is 0 Å². The zero-order chi connectivity index (χ0) is 16.1. The van der Waals surface area contributed by atoms with Crippen molar-refractivity contribution < 1.29 is 14.1 Å². The minimum atomic E-state index is -0.290. The van der Waals surface area contributed by atoms with E-state index in [4.69, 9.17) is 20.9 Å². The molecule has 1 heterocycles. The Kier molecular flexibility index (Phi) is 5.57. The molecule has 0 radical (unpaired) electrons. The largest absolute Gasteiger partial charge is 0.375 e. The second-order valence-electron chi connectivity index (χ2n) is 5.03. The van der Waals surface area contributed by atoms with Crippen molar-refractivity contribution in [3.8, 4) is 0 Å². The van der Waals surface area contributed by atoms with Crippen LogP contribution in [0.25, 0.3) is 0 Å². The maximum atomic E-state index is 12.1. The summed E-state index contributed by atoms with van der Waals surface area (Å²) in [6, 6.07) is 7.43. The van der Waals surface area contributed by atoms with Crippen LogP contribution in [-0.4, -0.2) is 24.7 Å². The number of benzene rings is 1. The number of methoxy groups -OCH3 is 1. The predicted molar refractivity (Wildman–Crippen MR) is 83.9 cm³/mol. The molecule has 1 aromatic heterocycles. The number of halogens is 1. The number of carbonyl (C=O) groups excluding carboxylic acids is 1. The van der Waals surface area contributed by atoms with E-state index in [-0.39, 0.29) is 18.4 Å². The number of aromatic nitrogens is 1. The van der Waals surface area contributed by atoms with Crippen LogP contribution in [0.15, 0.2) is 28.8 Å². The Hall–Kier alpha value is -1.85. The van der Waals surface area contributed by atoms with Crippen molar-refractivity contribution in [2.24, 2.45) is 0 Å². The molecule has 0 spiro atoms. The normalized spacial score (nSPS) is 12.2. The van der Waals surface area contributed by atoms with Crippen molar-refractivity contribution in [3.63, 3.8) is 0 Å². The Labute approximate surface area is 134 Å². The number of amides is 1. The molecule has 1 atom stereocenters. The second kappa shape index (κ2) is 7.42. The molecule has 2 aromatic rings. The van der Waals surface area contributed by atoms with Crippen LogP contribution in [0, 0.1) is 13.8 Å². The fourth-order valence-corrected chi connectivity index (χ4v) is 2.50. The van der Waals surface area contributed by atoms with E-state index in [9.17, 15) is 4.79 Å². The van der Waals surface area contributed by atoms with Gasteiger partial charge in [-0.1, -0.05) is 35.0 Å². The van der Waals surface area contributed by atoms with Crippen molar-refractivity contribution >= 4 is 17.5 Å². The maximum absolute atomic E-state index is 12.1. The number of hydrogen-bond donors (Lipinski definition) is 1. The highest BCUT2D eigenvalue weighted by Crippen LogP contribution is 2.24. The Morgan fingerprint density at radius 1 is 1.41 bits per heavy atom. The van der Waals surface area contributed by atoms with Crippen LogP contribution in [0.1, 0.15) is 28.7 Å². The Balaban J connectivity index is 1.96. The SMILES string of the molecule is CO[C@@H](CNC(=O)Cc1c(C)noc1C)c1ccccc1Cl. The third-order valence-corrected chi connectivity index (χ3v) is 3.88. The topological polar surface area (TPSA) is 64.4 Å². The van der Waals surface area contributed by atoms with Gasteiger partial charge in [-0.2, -0.15) is 0 Å². The standard InChI is InChI=1S/C16H19ClN2O3/c1-10-13(11(2)22-19-10)8-16(20)18-9-15(21-3)12-6-4-5-7-14(12)17/h4-7,15H,8-9H2,1-3H3,(H,18,20)/t15-/m0/s1. The first kappa shape index (κ1) is 16.5. The van der Waals surface area contributed by atoms with Gasteiger partial charge in [0.25, 0.3) is 0 Å². The van der Waals surface area contributed by atoms with Crippen molar-refractivity contribution in [2.45, 2.75) is 26.4 Å². The van der Waals surface area contributed by atoms with E-state index in [1.54, 1.807) is 20.1 Å². The molecule has 118 valence electrons. The first-order valence-electron chi connectivity index (χ1n) is 6.98. The van der Waals surface area contributed by atoms with Gasteiger partial charge in [-0.15, -0.1) is 0 Å². The van der Waals surface area contributed by atoms with Gasteiger partial charge in [0.2, 0.25) is 5.91 Å². The van der Waals surface area contributed by atoms with Crippen molar-refractivity contribution in [3.05, 3.63) is 51.9 Å². The lowest BCUT2D eigenvalue weighted by Crippen LogP contribution is -2.30. The van der Waals surface area contributed by atoms with Crippen molar-refractivity contribution in [1.82, 2.24) is 10.5 Å². The molecule has 0 aliphatic carbocycles.